The van der Waals surface area contributed by atoms with Gasteiger partial charge in [0, 0.05) is 24.9 Å². The minimum atomic E-state index is -1.04. The number of nitrogens with zero attached hydrogens (tertiary/aromatic N) is 3. The van der Waals surface area contributed by atoms with Gasteiger partial charge in [0.1, 0.15) is 17.7 Å². The number of hydrogen-bond acceptors (Lipinski definition) is 6. The number of hydrogen-bond donors (Lipinski definition) is 2. The third kappa shape index (κ3) is 5.35. The van der Waals surface area contributed by atoms with Crippen molar-refractivity contribution >= 4 is 11.6 Å². The van der Waals surface area contributed by atoms with E-state index >= 15 is 0 Å². The zero-order valence-electron chi connectivity index (χ0n) is 21.7. The van der Waals surface area contributed by atoms with E-state index in [4.69, 9.17) is 4.74 Å². The lowest BCUT2D eigenvalue weighted by Gasteiger charge is -2.24. The van der Waals surface area contributed by atoms with Crippen LogP contribution in [0.1, 0.15) is 73.7 Å². The first-order valence-electron chi connectivity index (χ1n) is 12.7. The molecule has 1 saturated heterocycles. The summed E-state index contributed by atoms with van der Waals surface area (Å²) in [5.41, 5.74) is 0.0643. The van der Waals surface area contributed by atoms with E-state index in [2.05, 4.69) is 0 Å². The number of rotatable bonds is 8. The van der Waals surface area contributed by atoms with Crippen LogP contribution in [-0.4, -0.2) is 38.4 Å². The van der Waals surface area contributed by atoms with Crippen molar-refractivity contribution in [2.75, 3.05) is 18.1 Å². The van der Waals surface area contributed by atoms with Crippen LogP contribution in [-0.2, 0) is 11.3 Å². The average molecular weight is 526 g/mol. The van der Waals surface area contributed by atoms with E-state index < -0.39 is 29.2 Å². The highest BCUT2D eigenvalue weighted by Gasteiger charge is 2.24. The molecule has 2 N–H and O–H groups in total. The third-order valence-corrected chi connectivity index (χ3v) is 6.65. The topological polar surface area (TPSA) is 114 Å². The number of amides is 1. The second kappa shape index (κ2) is 11.2. The summed E-state index contributed by atoms with van der Waals surface area (Å²) in [6.07, 6.45) is 2.24. The van der Waals surface area contributed by atoms with Crippen molar-refractivity contribution in [2.45, 2.75) is 58.7 Å². The van der Waals surface area contributed by atoms with Crippen LogP contribution in [0.4, 0.5) is 10.1 Å². The molecular weight excluding hydrogens is 493 g/mol. The molecule has 0 aliphatic carbocycles. The minimum absolute atomic E-state index is 0.0582. The summed E-state index contributed by atoms with van der Waals surface area (Å²) in [5, 5.41) is 20.6. The first-order valence-corrected chi connectivity index (χ1v) is 12.7. The van der Waals surface area contributed by atoms with E-state index in [0.717, 1.165) is 21.8 Å². The highest BCUT2D eigenvalue weighted by Crippen LogP contribution is 2.33. The minimum Gasteiger partial charge on any atom is -0.508 e. The standard InChI is InChI=1S/C28H32FN3O6/c1-4-11-30(26(35)21-13-20(17(2)3)23(33)14-24(21)34)19-9-7-18(8-10-19)15-32-27(36)22(29)16-31(28(32)37)25-6-5-12-38-25/h7-10,13-14,16-17,25,33-34H,4-6,11-12,15H2,1-3H3. The SMILES string of the molecule is CCCN(C(=O)c1cc(C(C)C)c(O)cc1O)c1ccc(Cn2c(=O)c(F)cn(C3CCCO3)c2=O)cc1. The number of halogens is 1. The fourth-order valence-corrected chi connectivity index (χ4v) is 4.62. The molecule has 1 aromatic heterocycles. The van der Waals surface area contributed by atoms with Gasteiger partial charge in [0.05, 0.1) is 18.3 Å². The number of aromatic hydroxyl groups is 2. The van der Waals surface area contributed by atoms with E-state index in [0.29, 0.717) is 42.8 Å². The lowest BCUT2D eigenvalue weighted by Crippen LogP contribution is -2.42. The molecule has 0 saturated carbocycles. The van der Waals surface area contributed by atoms with Crippen molar-refractivity contribution in [3.05, 3.63) is 85.9 Å². The van der Waals surface area contributed by atoms with Crippen molar-refractivity contribution in [3.8, 4) is 11.5 Å². The molecule has 1 fully saturated rings. The summed E-state index contributed by atoms with van der Waals surface area (Å²) in [7, 11) is 0. The highest BCUT2D eigenvalue weighted by molar-refractivity contribution is 6.08. The molecule has 4 rings (SSSR count). The van der Waals surface area contributed by atoms with Crippen LogP contribution in [0, 0.1) is 5.82 Å². The molecule has 1 aliphatic rings. The van der Waals surface area contributed by atoms with Gasteiger partial charge in [-0.15, -0.1) is 0 Å². The predicted molar refractivity (Wildman–Crippen MR) is 141 cm³/mol. The molecule has 1 atom stereocenters. The number of anilines is 1. The van der Waals surface area contributed by atoms with Gasteiger partial charge in [-0.2, -0.15) is 4.39 Å². The maximum Gasteiger partial charge on any atom is 0.333 e. The van der Waals surface area contributed by atoms with E-state index in [1.165, 1.54) is 17.0 Å². The third-order valence-electron chi connectivity index (χ3n) is 6.65. The number of aromatic nitrogens is 2. The van der Waals surface area contributed by atoms with Crippen molar-refractivity contribution in [3.63, 3.8) is 0 Å². The summed E-state index contributed by atoms with van der Waals surface area (Å²) in [4.78, 5) is 40.4. The second-order valence-electron chi connectivity index (χ2n) is 9.73. The number of benzene rings is 2. The molecule has 0 bridgehead atoms. The molecule has 3 aromatic rings. The van der Waals surface area contributed by atoms with Crippen molar-refractivity contribution in [2.24, 2.45) is 0 Å². The maximum atomic E-state index is 14.4. The molecule has 2 heterocycles. The van der Waals surface area contributed by atoms with E-state index in [-0.39, 0.29) is 29.5 Å². The zero-order valence-corrected chi connectivity index (χ0v) is 21.7. The largest absolute Gasteiger partial charge is 0.508 e. The Kier molecular flexibility index (Phi) is 8.01. The van der Waals surface area contributed by atoms with E-state index in [1.807, 2.05) is 20.8 Å². The molecule has 202 valence electrons. The summed E-state index contributed by atoms with van der Waals surface area (Å²) in [5.74, 6) is -1.92. The lowest BCUT2D eigenvalue weighted by molar-refractivity contribution is 0.0504. The normalized spacial score (nSPS) is 15.2. The first kappa shape index (κ1) is 27.1. The molecule has 0 radical (unpaired) electrons. The summed E-state index contributed by atoms with van der Waals surface area (Å²) in [6.45, 7) is 6.35. The van der Waals surface area contributed by atoms with Crippen LogP contribution >= 0.6 is 0 Å². The van der Waals surface area contributed by atoms with Crippen LogP contribution in [0.15, 0.2) is 52.2 Å². The number of ether oxygens (including phenoxy) is 1. The van der Waals surface area contributed by atoms with Gasteiger partial charge in [-0.05, 0) is 54.5 Å². The second-order valence-corrected chi connectivity index (χ2v) is 9.73. The Morgan fingerprint density at radius 1 is 1.16 bits per heavy atom. The van der Waals surface area contributed by atoms with E-state index in [1.54, 1.807) is 24.3 Å². The Morgan fingerprint density at radius 3 is 2.47 bits per heavy atom. The number of carbonyl (C=O) groups is 1. The van der Waals surface area contributed by atoms with Gasteiger partial charge in [-0.25, -0.2) is 4.79 Å². The summed E-state index contributed by atoms with van der Waals surface area (Å²) >= 11 is 0. The van der Waals surface area contributed by atoms with Crippen LogP contribution in [0.5, 0.6) is 11.5 Å². The van der Waals surface area contributed by atoms with Gasteiger partial charge < -0.3 is 19.8 Å². The molecule has 38 heavy (non-hydrogen) atoms. The molecule has 9 nitrogen and oxygen atoms in total. The Morgan fingerprint density at radius 2 is 1.87 bits per heavy atom. The summed E-state index contributed by atoms with van der Waals surface area (Å²) in [6, 6.07) is 9.35. The first-order chi connectivity index (χ1) is 18.1. The molecule has 1 unspecified atom stereocenters. The summed E-state index contributed by atoms with van der Waals surface area (Å²) < 4.78 is 21.8. The molecule has 1 amide bonds. The molecular formula is C28H32FN3O6. The monoisotopic (exact) mass is 525 g/mol. The van der Waals surface area contributed by atoms with Gasteiger partial charge in [0.15, 0.2) is 0 Å². The van der Waals surface area contributed by atoms with Crippen molar-refractivity contribution < 1.29 is 24.1 Å². The van der Waals surface area contributed by atoms with Crippen LogP contribution in [0.2, 0.25) is 0 Å². The van der Waals surface area contributed by atoms with Gasteiger partial charge in [0.2, 0.25) is 5.82 Å². The Bertz CT molecular complexity index is 1440. The van der Waals surface area contributed by atoms with Crippen LogP contribution in [0.3, 0.4) is 0 Å². The maximum absolute atomic E-state index is 14.4. The Balaban J connectivity index is 1.63. The van der Waals surface area contributed by atoms with Crippen molar-refractivity contribution in [1.29, 1.82) is 0 Å². The number of phenols is 2. The van der Waals surface area contributed by atoms with Gasteiger partial charge in [-0.1, -0.05) is 32.9 Å². The van der Waals surface area contributed by atoms with Gasteiger partial charge >= 0.3 is 5.69 Å². The van der Waals surface area contributed by atoms with Crippen molar-refractivity contribution in [1.82, 2.24) is 9.13 Å². The number of carbonyl (C=O) groups excluding carboxylic acids is 1. The fraction of sp³-hybridized carbons (Fsp3) is 0.393. The highest BCUT2D eigenvalue weighted by atomic mass is 19.1. The lowest BCUT2D eigenvalue weighted by atomic mass is 9.98. The van der Waals surface area contributed by atoms with Crippen LogP contribution < -0.4 is 16.1 Å². The molecule has 2 aromatic carbocycles. The van der Waals surface area contributed by atoms with E-state index in [9.17, 15) is 29.0 Å². The quantitative estimate of drug-likeness (QED) is 0.458. The van der Waals surface area contributed by atoms with Gasteiger partial charge in [0.25, 0.3) is 11.5 Å². The smallest absolute Gasteiger partial charge is 0.333 e. The zero-order chi connectivity index (χ0) is 27.6. The molecule has 10 heteroatoms. The van der Waals surface area contributed by atoms with Crippen LogP contribution in [0.25, 0.3) is 0 Å². The predicted octanol–water partition coefficient (Wildman–Crippen LogP) is 4.10. The Labute approximate surface area is 219 Å². The molecule has 1 aliphatic heterocycles. The average Bonchev–Trinajstić information content (AvgIpc) is 3.42. The van der Waals surface area contributed by atoms with Gasteiger partial charge in [-0.3, -0.25) is 18.7 Å². The molecule has 0 spiro atoms. The number of phenolic OH excluding ortho intramolecular Hbond substituents is 2. The fourth-order valence-electron chi connectivity index (χ4n) is 4.62. The Hall–Kier alpha value is -3.92.